The zero-order valence-corrected chi connectivity index (χ0v) is 16.8. The smallest absolute Gasteiger partial charge is 0.0208 e. The first-order valence-corrected chi connectivity index (χ1v) is 10.4. The fraction of sp³-hybridized carbons (Fsp3) is 0.565. The SMILES string of the molecule is CCCN(CCC)CCCNCc1ccc(CNCC2=CC=CC2)cc1. The van der Waals surface area contributed by atoms with Crippen molar-refractivity contribution in [3.63, 3.8) is 0 Å². The van der Waals surface area contributed by atoms with Crippen LogP contribution in [0.2, 0.25) is 0 Å². The third kappa shape index (κ3) is 8.31. The van der Waals surface area contributed by atoms with Gasteiger partial charge in [-0.05, 0) is 63.0 Å². The van der Waals surface area contributed by atoms with Gasteiger partial charge in [0.1, 0.15) is 0 Å². The van der Waals surface area contributed by atoms with E-state index in [9.17, 15) is 0 Å². The standard InChI is InChI=1S/C23H37N3/c1-3-15-26(16-4-2)17-7-14-24-18-22-10-12-23(13-11-22)20-25-19-21-8-5-6-9-21/h5-6,8,10-13,24-25H,3-4,7,9,14-20H2,1-2H3. The molecule has 0 saturated carbocycles. The molecule has 0 aromatic heterocycles. The summed E-state index contributed by atoms with van der Waals surface area (Å²) in [6.45, 7) is 12.2. The minimum Gasteiger partial charge on any atom is -0.313 e. The average Bonchev–Trinajstić information content (AvgIpc) is 3.16. The Morgan fingerprint density at radius 2 is 1.50 bits per heavy atom. The van der Waals surface area contributed by atoms with E-state index >= 15 is 0 Å². The summed E-state index contributed by atoms with van der Waals surface area (Å²) >= 11 is 0. The Morgan fingerprint density at radius 3 is 2.08 bits per heavy atom. The summed E-state index contributed by atoms with van der Waals surface area (Å²) in [4.78, 5) is 2.58. The van der Waals surface area contributed by atoms with E-state index in [0.717, 1.165) is 32.6 Å². The van der Waals surface area contributed by atoms with E-state index in [-0.39, 0.29) is 0 Å². The summed E-state index contributed by atoms with van der Waals surface area (Å²) in [5.41, 5.74) is 4.20. The summed E-state index contributed by atoms with van der Waals surface area (Å²) < 4.78 is 0. The van der Waals surface area contributed by atoms with Crippen molar-refractivity contribution in [3.8, 4) is 0 Å². The normalized spacial score (nSPS) is 13.6. The van der Waals surface area contributed by atoms with Crippen molar-refractivity contribution in [1.29, 1.82) is 0 Å². The fourth-order valence-electron chi connectivity index (χ4n) is 3.39. The molecule has 0 saturated heterocycles. The van der Waals surface area contributed by atoms with Gasteiger partial charge in [-0.2, -0.15) is 0 Å². The molecule has 0 heterocycles. The van der Waals surface area contributed by atoms with Crippen LogP contribution in [0.3, 0.4) is 0 Å². The maximum absolute atomic E-state index is 3.58. The number of allylic oxidation sites excluding steroid dienone is 3. The molecule has 0 amide bonds. The highest BCUT2D eigenvalue weighted by Gasteiger charge is 2.02. The van der Waals surface area contributed by atoms with E-state index in [0.29, 0.717) is 0 Å². The predicted molar refractivity (Wildman–Crippen MR) is 113 cm³/mol. The van der Waals surface area contributed by atoms with Crippen LogP contribution in [0.25, 0.3) is 0 Å². The second kappa shape index (κ2) is 12.9. The van der Waals surface area contributed by atoms with Crippen molar-refractivity contribution in [2.75, 3.05) is 32.7 Å². The van der Waals surface area contributed by atoms with Crippen LogP contribution in [0.5, 0.6) is 0 Å². The number of hydrogen-bond acceptors (Lipinski definition) is 3. The maximum atomic E-state index is 3.58. The van der Waals surface area contributed by atoms with Crippen molar-refractivity contribution in [1.82, 2.24) is 15.5 Å². The molecule has 0 unspecified atom stereocenters. The van der Waals surface area contributed by atoms with E-state index in [1.54, 1.807) is 0 Å². The van der Waals surface area contributed by atoms with Gasteiger partial charge in [0, 0.05) is 19.6 Å². The summed E-state index contributed by atoms with van der Waals surface area (Å²) in [6, 6.07) is 8.99. The summed E-state index contributed by atoms with van der Waals surface area (Å²) in [7, 11) is 0. The lowest BCUT2D eigenvalue weighted by atomic mass is 10.1. The molecule has 0 radical (unpaired) electrons. The van der Waals surface area contributed by atoms with Crippen LogP contribution >= 0.6 is 0 Å². The van der Waals surface area contributed by atoms with Gasteiger partial charge in [0.2, 0.25) is 0 Å². The Morgan fingerprint density at radius 1 is 0.846 bits per heavy atom. The quantitative estimate of drug-likeness (QED) is 0.488. The third-order valence-corrected chi connectivity index (χ3v) is 4.79. The Hall–Kier alpha value is -1.42. The van der Waals surface area contributed by atoms with Gasteiger partial charge in [-0.3, -0.25) is 0 Å². The number of rotatable bonds is 14. The molecule has 0 spiro atoms. The van der Waals surface area contributed by atoms with Crippen molar-refractivity contribution < 1.29 is 0 Å². The molecule has 26 heavy (non-hydrogen) atoms. The molecule has 2 rings (SSSR count). The van der Waals surface area contributed by atoms with Crippen LogP contribution < -0.4 is 10.6 Å². The van der Waals surface area contributed by atoms with Crippen LogP contribution in [0, 0.1) is 0 Å². The monoisotopic (exact) mass is 355 g/mol. The van der Waals surface area contributed by atoms with Gasteiger partial charge in [-0.25, -0.2) is 0 Å². The topological polar surface area (TPSA) is 27.3 Å². The van der Waals surface area contributed by atoms with Crippen molar-refractivity contribution in [2.24, 2.45) is 0 Å². The van der Waals surface area contributed by atoms with Gasteiger partial charge in [0.15, 0.2) is 0 Å². The molecular weight excluding hydrogens is 318 g/mol. The molecule has 1 aliphatic rings. The van der Waals surface area contributed by atoms with Gasteiger partial charge in [0.05, 0.1) is 0 Å². The Kier molecular flexibility index (Phi) is 10.3. The Balaban J connectivity index is 1.56. The van der Waals surface area contributed by atoms with E-state index < -0.39 is 0 Å². The lowest BCUT2D eigenvalue weighted by Gasteiger charge is -2.20. The van der Waals surface area contributed by atoms with E-state index in [4.69, 9.17) is 0 Å². The molecule has 2 N–H and O–H groups in total. The Bertz CT molecular complexity index is 539. The third-order valence-electron chi connectivity index (χ3n) is 4.79. The molecule has 0 bridgehead atoms. The number of nitrogens with zero attached hydrogens (tertiary/aromatic N) is 1. The highest BCUT2D eigenvalue weighted by Crippen LogP contribution is 2.09. The minimum atomic E-state index is 0.940. The summed E-state index contributed by atoms with van der Waals surface area (Å²) in [6.07, 6.45) is 11.4. The molecule has 3 heteroatoms. The molecule has 0 atom stereocenters. The van der Waals surface area contributed by atoms with Crippen molar-refractivity contribution in [2.45, 2.75) is 52.6 Å². The maximum Gasteiger partial charge on any atom is 0.0208 e. The molecule has 1 aliphatic carbocycles. The predicted octanol–water partition coefficient (Wildman–Crippen LogP) is 4.26. The molecule has 3 nitrogen and oxygen atoms in total. The zero-order valence-electron chi connectivity index (χ0n) is 16.8. The fourth-order valence-corrected chi connectivity index (χ4v) is 3.39. The van der Waals surface area contributed by atoms with Crippen LogP contribution in [-0.4, -0.2) is 37.6 Å². The minimum absolute atomic E-state index is 0.940. The summed E-state index contributed by atoms with van der Waals surface area (Å²) in [5, 5.41) is 7.11. The second-order valence-electron chi connectivity index (χ2n) is 7.25. The highest BCUT2D eigenvalue weighted by molar-refractivity contribution is 5.25. The second-order valence-corrected chi connectivity index (χ2v) is 7.25. The summed E-state index contributed by atoms with van der Waals surface area (Å²) in [5.74, 6) is 0. The molecule has 144 valence electrons. The zero-order chi connectivity index (χ0) is 18.5. The Labute approximate surface area is 160 Å². The molecule has 1 aromatic carbocycles. The number of benzene rings is 1. The van der Waals surface area contributed by atoms with Crippen LogP contribution in [-0.2, 0) is 13.1 Å². The van der Waals surface area contributed by atoms with E-state index in [1.807, 2.05) is 0 Å². The first-order chi connectivity index (χ1) is 12.8. The highest BCUT2D eigenvalue weighted by atomic mass is 15.1. The van der Waals surface area contributed by atoms with Crippen molar-refractivity contribution in [3.05, 3.63) is 59.2 Å². The molecular formula is C23H37N3. The van der Waals surface area contributed by atoms with Gasteiger partial charge in [-0.1, -0.05) is 61.9 Å². The lowest BCUT2D eigenvalue weighted by Crippen LogP contribution is -2.29. The molecule has 0 fully saturated rings. The van der Waals surface area contributed by atoms with Gasteiger partial charge < -0.3 is 15.5 Å². The average molecular weight is 356 g/mol. The first-order valence-electron chi connectivity index (χ1n) is 10.4. The lowest BCUT2D eigenvalue weighted by molar-refractivity contribution is 0.270. The number of hydrogen-bond donors (Lipinski definition) is 2. The van der Waals surface area contributed by atoms with Gasteiger partial charge >= 0.3 is 0 Å². The number of nitrogens with one attached hydrogen (secondary N) is 2. The van der Waals surface area contributed by atoms with Gasteiger partial charge in [-0.15, -0.1) is 0 Å². The molecule has 0 aliphatic heterocycles. The van der Waals surface area contributed by atoms with Crippen LogP contribution in [0.4, 0.5) is 0 Å². The van der Waals surface area contributed by atoms with Crippen LogP contribution in [0.15, 0.2) is 48.1 Å². The van der Waals surface area contributed by atoms with E-state index in [1.165, 1.54) is 55.6 Å². The van der Waals surface area contributed by atoms with Crippen LogP contribution in [0.1, 0.15) is 50.7 Å². The van der Waals surface area contributed by atoms with Gasteiger partial charge in [0.25, 0.3) is 0 Å². The first kappa shape index (κ1) is 20.9. The largest absolute Gasteiger partial charge is 0.313 e. The van der Waals surface area contributed by atoms with E-state index in [2.05, 4.69) is 71.9 Å². The van der Waals surface area contributed by atoms with Crippen molar-refractivity contribution >= 4 is 0 Å². The molecule has 1 aromatic rings.